The van der Waals surface area contributed by atoms with Crippen molar-refractivity contribution in [3.63, 3.8) is 0 Å². The molecule has 1 aromatic carbocycles. The molecule has 0 bridgehead atoms. The summed E-state index contributed by atoms with van der Waals surface area (Å²) in [4.78, 5) is 4.57. The molecule has 19 heavy (non-hydrogen) atoms. The average Bonchev–Trinajstić information content (AvgIpc) is 2.97. The number of aryl methyl sites for hydroxylation is 3. The van der Waals surface area contributed by atoms with E-state index in [-0.39, 0.29) is 6.04 Å². The second-order valence-corrected chi connectivity index (χ2v) is 5.38. The number of hydrogen-bond acceptors (Lipinski definition) is 4. The monoisotopic (exact) mass is 257 g/mol. The molecule has 0 aliphatic carbocycles. The fourth-order valence-electron chi connectivity index (χ4n) is 2.90. The van der Waals surface area contributed by atoms with Crippen molar-refractivity contribution in [3.05, 3.63) is 34.6 Å². The standard InChI is InChI=1S/C15H19N3O/c1-9-7-10(2)13(11(3)8-9)15-17-14(18-19-15)12-5-4-6-16-12/h7-8,12,16H,4-6H2,1-3H3. The van der Waals surface area contributed by atoms with Crippen molar-refractivity contribution >= 4 is 0 Å². The topological polar surface area (TPSA) is 51.0 Å². The Hall–Kier alpha value is -1.68. The van der Waals surface area contributed by atoms with E-state index in [0.29, 0.717) is 5.89 Å². The third-order valence-corrected chi connectivity index (χ3v) is 3.70. The van der Waals surface area contributed by atoms with Gasteiger partial charge in [-0.25, -0.2) is 0 Å². The molecule has 0 spiro atoms. The molecular formula is C15H19N3O. The van der Waals surface area contributed by atoms with Gasteiger partial charge in [-0.3, -0.25) is 0 Å². The first-order valence-electron chi connectivity index (χ1n) is 6.80. The Morgan fingerprint density at radius 3 is 2.58 bits per heavy atom. The van der Waals surface area contributed by atoms with Crippen LogP contribution in [0.2, 0.25) is 0 Å². The minimum atomic E-state index is 0.253. The molecular weight excluding hydrogens is 238 g/mol. The van der Waals surface area contributed by atoms with Gasteiger partial charge in [0.1, 0.15) is 0 Å². The van der Waals surface area contributed by atoms with Crippen LogP contribution >= 0.6 is 0 Å². The lowest BCUT2D eigenvalue weighted by molar-refractivity contribution is 0.412. The second kappa shape index (κ2) is 4.78. The summed E-state index contributed by atoms with van der Waals surface area (Å²) < 4.78 is 5.46. The van der Waals surface area contributed by atoms with Crippen LogP contribution in [0.4, 0.5) is 0 Å². The van der Waals surface area contributed by atoms with Crippen molar-refractivity contribution in [2.75, 3.05) is 6.54 Å². The van der Waals surface area contributed by atoms with Crippen LogP contribution in [-0.4, -0.2) is 16.7 Å². The van der Waals surface area contributed by atoms with Crippen molar-refractivity contribution in [1.82, 2.24) is 15.5 Å². The van der Waals surface area contributed by atoms with Gasteiger partial charge in [-0.2, -0.15) is 4.98 Å². The molecule has 1 atom stereocenters. The summed E-state index contributed by atoms with van der Waals surface area (Å²) in [5.74, 6) is 1.42. The summed E-state index contributed by atoms with van der Waals surface area (Å²) in [5.41, 5.74) is 4.71. The highest BCUT2D eigenvalue weighted by Gasteiger charge is 2.23. The van der Waals surface area contributed by atoms with Gasteiger partial charge in [0, 0.05) is 5.56 Å². The molecule has 1 aliphatic rings. The Kier molecular flexibility index (Phi) is 3.11. The molecule has 4 heteroatoms. The van der Waals surface area contributed by atoms with E-state index in [9.17, 15) is 0 Å². The average molecular weight is 257 g/mol. The van der Waals surface area contributed by atoms with Gasteiger partial charge in [0.2, 0.25) is 0 Å². The van der Waals surface area contributed by atoms with Crippen molar-refractivity contribution in [1.29, 1.82) is 0 Å². The van der Waals surface area contributed by atoms with Gasteiger partial charge >= 0.3 is 0 Å². The lowest BCUT2D eigenvalue weighted by Crippen LogP contribution is -2.14. The van der Waals surface area contributed by atoms with Gasteiger partial charge in [0.15, 0.2) is 5.82 Å². The highest BCUT2D eigenvalue weighted by molar-refractivity contribution is 5.63. The highest BCUT2D eigenvalue weighted by atomic mass is 16.5. The SMILES string of the molecule is Cc1cc(C)c(-c2nc(C3CCCN3)no2)c(C)c1. The summed E-state index contributed by atoms with van der Waals surface area (Å²) in [6.07, 6.45) is 2.27. The van der Waals surface area contributed by atoms with Gasteiger partial charge in [-0.15, -0.1) is 0 Å². The van der Waals surface area contributed by atoms with Gasteiger partial charge in [0.05, 0.1) is 6.04 Å². The quantitative estimate of drug-likeness (QED) is 0.898. The predicted octanol–water partition coefficient (Wildman–Crippen LogP) is 3.09. The maximum atomic E-state index is 5.46. The number of hydrogen-bond donors (Lipinski definition) is 1. The zero-order chi connectivity index (χ0) is 13.4. The number of aromatic nitrogens is 2. The van der Waals surface area contributed by atoms with Crippen molar-refractivity contribution in [2.24, 2.45) is 0 Å². The van der Waals surface area contributed by atoms with Gasteiger partial charge in [-0.05, 0) is 51.3 Å². The van der Waals surface area contributed by atoms with Crippen LogP contribution in [0.25, 0.3) is 11.5 Å². The Labute approximate surface area is 113 Å². The van der Waals surface area contributed by atoms with E-state index in [4.69, 9.17) is 4.52 Å². The summed E-state index contributed by atoms with van der Waals surface area (Å²) >= 11 is 0. The van der Waals surface area contributed by atoms with E-state index < -0.39 is 0 Å². The molecule has 2 heterocycles. The minimum absolute atomic E-state index is 0.253. The van der Waals surface area contributed by atoms with Crippen LogP contribution in [0.15, 0.2) is 16.7 Å². The van der Waals surface area contributed by atoms with E-state index in [0.717, 1.165) is 24.4 Å². The molecule has 0 amide bonds. The summed E-state index contributed by atoms with van der Waals surface area (Å²) in [6.45, 7) is 7.32. The Balaban J connectivity index is 1.98. The van der Waals surface area contributed by atoms with Gasteiger partial charge in [0.25, 0.3) is 5.89 Å². The molecule has 1 saturated heterocycles. The second-order valence-electron chi connectivity index (χ2n) is 5.38. The zero-order valence-corrected chi connectivity index (χ0v) is 11.7. The highest BCUT2D eigenvalue weighted by Crippen LogP contribution is 2.29. The Bertz CT molecular complexity index is 574. The Morgan fingerprint density at radius 2 is 1.95 bits per heavy atom. The molecule has 1 aliphatic heterocycles. The molecule has 1 fully saturated rings. The van der Waals surface area contributed by atoms with Crippen molar-refractivity contribution in [3.8, 4) is 11.5 Å². The van der Waals surface area contributed by atoms with Crippen molar-refractivity contribution in [2.45, 2.75) is 39.7 Å². The van der Waals surface area contributed by atoms with Gasteiger partial charge in [-0.1, -0.05) is 22.9 Å². The van der Waals surface area contributed by atoms with E-state index in [1.54, 1.807) is 0 Å². The number of nitrogens with zero attached hydrogens (tertiary/aromatic N) is 2. The summed E-state index contributed by atoms with van der Waals surface area (Å²) in [7, 11) is 0. The third kappa shape index (κ3) is 2.28. The first-order chi connectivity index (χ1) is 9.15. The number of benzene rings is 1. The normalized spacial score (nSPS) is 19.0. The fourth-order valence-corrected chi connectivity index (χ4v) is 2.90. The van der Waals surface area contributed by atoms with Crippen LogP contribution in [0.5, 0.6) is 0 Å². The fraction of sp³-hybridized carbons (Fsp3) is 0.467. The molecule has 1 unspecified atom stereocenters. The molecule has 0 saturated carbocycles. The van der Waals surface area contributed by atoms with Crippen LogP contribution in [0, 0.1) is 20.8 Å². The van der Waals surface area contributed by atoms with E-state index in [1.165, 1.54) is 23.1 Å². The summed E-state index contributed by atoms with van der Waals surface area (Å²) in [5, 5.41) is 7.52. The first-order valence-corrected chi connectivity index (χ1v) is 6.80. The van der Waals surface area contributed by atoms with E-state index >= 15 is 0 Å². The van der Waals surface area contributed by atoms with Gasteiger partial charge < -0.3 is 9.84 Å². The van der Waals surface area contributed by atoms with E-state index in [1.807, 2.05) is 0 Å². The molecule has 3 rings (SSSR count). The largest absolute Gasteiger partial charge is 0.334 e. The maximum absolute atomic E-state index is 5.46. The third-order valence-electron chi connectivity index (χ3n) is 3.70. The molecule has 0 radical (unpaired) electrons. The molecule has 4 nitrogen and oxygen atoms in total. The smallest absolute Gasteiger partial charge is 0.258 e. The molecule has 2 aromatic rings. The maximum Gasteiger partial charge on any atom is 0.258 e. The van der Waals surface area contributed by atoms with Crippen molar-refractivity contribution < 1.29 is 4.52 Å². The minimum Gasteiger partial charge on any atom is -0.334 e. The van der Waals surface area contributed by atoms with Crippen LogP contribution in [-0.2, 0) is 0 Å². The predicted molar refractivity (Wildman–Crippen MR) is 73.9 cm³/mol. The Morgan fingerprint density at radius 1 is 1.21 bits per heavy atom. The van der Waals surface area contributed by atoms with Crippen LogP contribution in [0.3, 0.4) is 0 Å². The molecule has 1 aromatic heterocycles. The lowest BCUT2D eigenvalue weighted by Gasteiger charge is -2.07. The number of nitrogens with one attached hydrogen (secondary N) is 1. The van der Waals surface area contributed by atoms with E-state index in [2.05, 4.69) is 48.4 Å². The van der Waals surface area contributed by atoms with Crippen LogP contribution < -0.4 is 5.32 Å². The molecule has 100 valence electrons. The first kappa shape index (κ1) is 12.4. The zero-order valence-electron chi connectivity index (χ0n) is 11.7. The molecule has 1 N–H and O–H groups in total. The summed E-state index contributed by atoms with van der Waals surface area (Å²) in [6, 6.07) is 4.56. The lowest BCUT2D eigenvalue weighted by atomic mass is 10.00. The number of rotatable bonds is 2. The van der Waals surface area contributed by atoms with Crippen LogP contribution in [0.1, 0.15) is 41.4 Å².